The van der Waals surface area contributed by atoms with Crippen LogP contribution in [0.1, 0.15) is 0 Å². The molecule has 3 heterocycles. The molecular weight excluding hydrogens is 590 g/mol. The van der Waals surface area contributed by atoms with Crippen molar-refractivity contribution in [3.63, 3.8) is 0 Å². The minimum absolute atomic E-state index is 0.600. The van der Waals surface area contributed by atoms with Gasteiger partial charge >= 0.3 is 0 Å². The van der Waals surface area contributed by atoms with Gasteiger partial charge in [0.1, 0.15) is 22.3 Å². The Labute approximate surface area is 274 Å². The smallest absolute Gasteiger partial charge is 0.164 e. The molecule has 0 saturated carbocycles. The van der Waals surface area contributed by atoms with E-state index in [1.165, 1.54) is 0 Å². The van der Waals surface area contributed by atoms with Crippen LogP contribution in [0.25, 0.3) is 99.9 Å². The Morgan fingerprint density at radius 2 is 0.833 bits per heavy atom. The summed E-state index contributed by atoms with van der Waals surface area (Å²) in [6.45, 7) is 0. The van der Waals surface area contributed by atoms with Crippen LogP contribution in [-0.4, -0.2) is 15.0 Å². The third kappa shape index (κ3) is 4.08. The second-order valence-corrected chi connectivity index (χ2v) is 11.9. The van der Waals surface area contributed by atoms with E-state index < -0.39 is 0 Å². The van der Waals surface area contributed by atoms with Crippen molar-refractivity contribution in [2.45, 2.75) is 0 Å². The minimum Gasteiger partial charge on any atom is -0.456 e. The van der Waals surface area contributed by atoms with Gasteiger partial charge in [-0.25, -0.2) is 15.0 Å². The quantitative estimate of drug-likeness (QED) is 0.197. The maximum absolute atomic E-state index is 6.70. The monoisotopic (exact) mass is 615 g/mol. The second kappa shape index (κ2) is 10.5. The third-order valence-corrected chi connectivity index (χ3v) is 9.15. The fourth-order valence-corrected chi connectivity index (χ4v) is 6.99. The van der Waals surface area contributed by atoms with E-state index in [1.54, 1.807) is 0 Å². The van der Waals surface area contributed by atoms with E-state index in [1.807, 2.05) is 91.0 Å². The molecule has 0 amide bonds. The first-order chi connectivity index (χ1) is 23.8. The Morgan fingerprint density at radius 3 is 1.58 bits per heavy atom. The van der Waals surface area contributed by atoms with Crippen molar-refractivity contribution >= 4 is 54.6 Å². The Bertz CT molecular complexity index is 2780. The molecule has 0 spiro atoms. The van der Waals surface area contributed by atoms with Gasteiger partial charge in [0, 0.05) is 43.6 Å². The fourth-order valence-electron chi connectivity index (χ4n) is 6.99. The molecule has 5 nitrogen and oxygen atoms in total. The highest BCUT2D eigenvalue weighted by Gasteiger charge is 2.20. The molecule has 0 saturated heterocycles. The minimum atomic E-state index is 0.600. The van der Waals surface area contributed by atoms with Crippen molar-refractivity contribution in [1.29, 1.82) is 0 Å². The number of aromatic nitrogens is 3. The third-order valence-electron chi connectivity index (χ3n) is 9.15. The Morgan fingerprint density at radius 1 is 0.312 bits per heavy atom. The van der Waals surface area contributed by atoms with Crippen LogP contribution in [0.15, 0.2) is 160 Å². The van der Waals surface area contributed by atoms with Gasteiger partial charge in [-0.1, -0.05) is 127 Å². The first-order valence-corrected chi connectivity index (χ1v) is 15.9. The lowest BCUT2D eigenvalue weighted by Crippen LogP contribution is -2.00. The molecule has 3 aromatic heterocycles. The van der Waals surface area contributed by atoms with E-state index in [-0.39, 0.29) is 0 Å². The molecule has 0 N–H and O–H groups in total. The van der Waals surface area contributed by atoms with Crippen LogP contribution >= 0.6 is 0 Å². The number of para-hydroxylation sites is 1. The van der Waals surface area contributed by atoms with Crippen molar-refractivity contribution < 1.29 is 8.83 Å². The normalized spacial score (nSPS) is 11.8. The summed E-state index contributed by atoms with van der Waals surface area (Å²) in [6.07, 6.45) is 0. The number of furan rings is 2. The number of rotatable bonds is 4. The van der Waals surface area contributed by atoms with E-state index in [2.05, 4.69) is 60.7 Å². The van der Waals surface area contributed by atoms with Crippen molar-refractivity contribution in [2.75, 3.05) is 0 Å². The highest BCUT2D eigenvalue weighted by atomic mass is 16.3. The average Bonchev–Trinajstić information content (AvgIpc) is 3.74. The summed E-state index contributed by atoms with van der Waals surface area (Å²) >= 11 is 0. The zero-order valence-electron chi connectivity index (χ0n) is 25.6. The first kappa shape index (κ1) is 26.6. The number of fused-ring (bicyclic) bond motifs is 8. The zero-order valence-corrected chi connectivity index (χ0v) is 25.6. The van der Waals surface area contributed by atoms with Gasteiger partial charge in [0.2, 0.25) is 0 Å². The molecule has 7 aromatic carbocycles. The zero-order chi connectivity index (χ0) is 31.6. The fraction of sp³-hybridized carbons (Fsp3) is 0. The highest BCUT2D eigenvalue weighted by Crippen LogP contribution is 2.43. The molecule has 0 fully saturated rings. The van der Waals surface area contributed by atoms with Crippen LogP contribution in [-0.2, 0) is 0 Å². The van der Waals surface area contributed by atoms with Crippen molar-refractivity contribution in [1.82, 2.24) is 15.0 Å². The summed E-state index contributed by atoms with van der Waals surface area (Å²) in [4.78, 5) is 14.9. The molecule has 0 unspecified atom stereocenters. The van der Waals surface area contributed by atoms with Gasteiger partial charge in [0.15, 0.2) is 17.5 Å². The molecule has 0 bridgehead atoms. The number of nitrogens with zero attached hydrogens (tertiary/aromatic N) is 3. The van der Waals surface area contributed by atoms with Gasteiger partial charge < -0.3 is 8.83 Å². The van der Waals surface area contributed by atoms with Gasteiger partial charge in [-0.3, -0.25) is 0 Å². The molecule has 48 heavy (non-hydrogen) atoms. The Balaban J connectivity index is 1.21. The van der Waals surface area contributed by atoms with E-state index in [0.717, 1.165) is 82.5 Å². The maximum Gasteiger partial charge on any atom is 0.164 e. The number of hydrogen-bond acceptors (Lipinski definition) is 5. The van der Waals surface area contributed by atoms with Crippen molar-refractivity contribution in [3.05, 3.63) is 152 Å². The summed E-state index contributed by atoms with van der Waals surface area (Å²) < 4.78 is 12.9. The summed E-state index contributed by atoms with van der Waals surface area (Å²) in [5, 5.41) is 6.37. The molecule has 0 atom stereocenters. The SMILES string of the molecule is c1ccc(-c2nc(-c3ccccc3)nc(-c3cccc4oc5c6cccc(-c7cccc8oc9ccccc9c78)c6ccc5c34)n2)cc1. The standard InChI is InChI=1S/C43H25N3O2/c1-3-12-26(13-4-1)41-44-42(27-14-5-2-6-15-27)46-43(45-41)34-20-11-23-37-39(34)33-25-24-29-28(17-9-19-31(29)40(33)48-37)30-18-10-22-36-38(30)32-16-7-8-21-35(32)47-36/h1-25H. The maximum atomic E-state index is 6.70. The molecular formula is C43H25N3O2. The summed E-state index contributed by atoms with van der Waals surface area (Å²) in [6, 6.07) is 51.5. The molecule has 224 valence electrons. The summed E-state index contributed by atoms with van der Waals surface area (Å²) in [7, 11) is 0. The van der Waals surface area contributed by atoms with E-state index in [0.29, 0.717) is 17.5 Å². The van der Waals surface area contributed by atoms with Crippen LogP contribution < -0.4 is 0 Å². The predicted octanol–water partition coefficient (Wildman–Crippen LogP) is 11.5. The summed E-state index contributed by atoms with van der Waals surface area (Å²) in [5.41, 5.74) is 8.40. The number of hydrogen-bond donors (Lipinski definition) is 0. The number of benzene rings is 7. The van der Waals surface area contributed by atoms with Gasteiger partial charge in [0.25, 0.3) is 0 Å². The van der Waals surface area contributed by atoms with Crippen LogP contribution in [0.5, 0.6) is 0 Å². The average molecular weight is 616 g/mol. The molecule has 0 aliphatic heterocycles. The first-order valence-electron chi connectivity index (χ1n) is 15.9. The Kier molecular flexibility index (Phi) is 5.81. The lowest BCUT2D eigenvalue weighted by molar-refractivity contribution is 0.669. The molecule has 0 aliphatic rings. The van der Waals surface area contributed by atoms with Gasteiger partial charge in [0.05, 0.1) is 0 Å². The molecule has 0 radical (unpaired) electrons. The highest BCUT2D eigenvalue weighted by molar-refractivity contribution is 6.22. The van der Waals surface area contributed by atoms with Crippen molar-refractivity contribution in [2.24, 2.45) is 0 Å². The summed E-state index contributed by atoms with van der Waals surface area (Å²) in [5.74, 6) is 1.85. The molecule has 5 heteroatoms. The van der Waals surface area contributed by atoms with Gasteiger partial charge in [-0.15, -0.1) is 0 Å². The Hall–Kier alpha value is -6.59. The van der Waals surface area contributed by atoms with Crippen LogP contribution in [0, 0.1) is 0 Å². The topological polar surface area (TPSA) is 65.0 Å². The van der Waals surface area contributed by atoms with Crippen molar-refractivity contribution in [3.8, 4) is 45.3 Å². The van der Waals surface area contributed by atoms with Crippen LogP contribution in [0.2, 0.25) is 0 Å². The molecule has 10 rings (SSSR count). The molecule has 10 aromatic rings. The van der Waals surface area contributed by atoms with Crippen LogP contribution in [0.3, 0.4) is 0 Å². The lowest BCUT2D eigenvalue weighted by Gasteiger charge is -2.10. The lowest BCUT2D eigenvalue weighted by atomic mass is 9.93. The van der Waals surface area contributed by atoms with Gasteiger partial charge in [-0.05, 0) is 40.8 Å². The van der Waals surface area contributed by atoms with Crippen LogP contribution in [0.4, 0.5) is 0 Å². The van der Waals surface area contributed by atoms with E-state index in [9.17, 15) is 0 Å². The van der Waals surface area contributed by atoms with E-state index >= 15 is 0 Å². The second-order valence-electron chi connectivity index (χ2n) is 11.9. The van der Waals surface area contributed by atoms with E-state index in [4.69, 9.17) is 23.8 Å². The predicted molar refractivity (Wildman–Crippen MR) is 194 cm³/mol. The van der Waals surface area contributed by atoms with Gasteiger partial charge in [-0.2, -0.15) is 0 Å². The molecule has 0 aliphatic carbocycles. The largest absolute Gasteiger partial charge is 0.456 e.